The second-order valence-electron chi connectivity index (χ2n) is 6.66. The van der Waals surface area contributed by atoms with Gasteiger partial charge in [0.1, 0.15) is 5.75 Å². The van der Waals surface area contributed by atoms with Gasteiger partial charge in [-0.05, 0) is 43.0 Å². The van der Waals surface area contributed by atoms with Gasteiger partial charge in [-0.3, -0.25) is 19.3 Å². The lowest BCUT2D eigenvalue weighted by molar-refractivity contribution is -0.141. The smallest absolute Gasteiger partial charge is 0.312 e. The number of likely N-dealkylation sites (tertiary alicyclic amines) is 1. The number of hydrogen-bond acceptors (Lipinski definition) is 4. The number of amides is 2. The largest absolute Gasteiger partial charge is 0.426 e. The molecule has 25 heavy (non-hydrogen) atoms. The Morgan fingerprint density at radius 2 is 1.84 bits per heavy atom. The molecule has 1 aromatic rings. The van der Waals surface area contributed by atoms with Crippen LogP contribution in [0.1, 0.15) is 44.6 Å². The van der Waals surface area contributed by atoms with E-state index in [2.05, 4.69) is 0 Å². The van der Waals surface area contributed by atoms with E-state index in [1.807, 2.05) is 6.92 Å². The van der Waals surface area contributed by atoms with Crippen molar-refractivity contribution in [3.8, 4) is 5.75 Å². The molecule has 2 aliphatic rings. The number of esters is 1. The quantitative estimate of drug-likeness (QED) is 0.457. The number of halogens is 1. The van der Waals surface area contributed by atoms with Crippen LogP contribution in [-0.4, -0.2) is 29.2 Å². The highest BCUT2D eigenvalue weighted by molar-refractivity contribution is 6.31. The number of aryl methyl sites for hydroxylation is 1. The Morgan fingerprint density at radius 3 is 2.44 bits per heavy atom. The first-order chi connectivity index (χ1) is 12.0. The zero-order valence-electron chi connectivity index (χ0n) is 14.3. The first kappa shape index (κ1) is 17.9. The van der Waals surface area contributed by atoms with Crippen molar-refractivity contribution in [1.82, 2.24) is 4.90 Å². The number of imide groups is 1. The average Bonchev–Trinajstić information content (AvgIpc) is 2.86. The SMILES string of the molecule is CCc1cc(OC(=O)CCN2C(=O)[C@H]3CCCC[C@H]3C2=O)ccc1Cl. The number of carbonyl (C=O) groups is 3. The Balaban J connectivity index is 1.57. The van der Waals surface area contributed by atoms with Gasteiger partial charge in [-0.1, -0.05) is 31.4 Å². The highest BCUT2D eigenvalue weighted by Gasteiger charge is 2.47. The molecule has 134 valence electrons. The minimum atomic E-state index is -0.458. The van der Waals surface area contributed by atoms with E-state index < -0.39 is 5.97 Å². The summed E-state index contributed by atoms with van der Waals surface area (Å²) in [6.07, 6.45) is 4.28. The number of fused-ring (bicyclic) bond motifs is 1. The molecule has 0 unspecified atom stereocenters. The van der Waals surface area contributed by atoms with Crippen LogP contribution in [0.3, 0.4) is 0 Å². The van der Waals surface area contributed by atoms with Crippen molar-refractivity contribution in [1.29, 1.82) is 0 Å². The van der Waals surface area contributed by atoms with Gasteiger partial charge < -0.3 is 4.74 Å². The summed E-state index contributed by atoms with van der Waals surface area (Å²) >= 11 is 6.05. The lowest BCUT2D eigenvalue weighted by Gasteiger charge is -2.19. The molecule has 3 rings (SSSR count). The van der Waals surface area contributed by atoms with Crippen molar-refractivity contribution >= 4 is 29.4 Å². The summed E-state index contributed by atoms with van der Waals surface area (Å²) < 4.78 is 5.31. The van der Waals surface area contributed by atoms with Crippen LogP contribution in [0.5, 0.6) is 5.75 Å². The van der Waals surface area contributed by atoms with Crippen molar-refractivity contribution in [2.45, 2.75) is 45.4 Å². The molecule has 1 aromatic carbocycles. The number of rotatable bonds is 5. The van der Waals surface area contributed by atoms with Crippen molar-refractivity contribution in [3.63, 3.8) is 0 Å². The second-order valence-corrected chi connectivity index (χ2v) is 7.06. The van der Waals surface area contributed by atoms with Gasteiger partial charge >= 0.3 is 5.97 Å². The number of nitrogens with zero attached hydrogens (tertiary/aromatic N) is 1. The van der Waals surface area contributed by atoms with E-state index >= 15 is 0 Å². The van der Waals surface area contributed by atoms with Crippen molar-refractivity contribution in [2.75, 3.05) is 6.54 Å². The van der Waals surface area contributed by atoms with E-state index in [1.54, 1.807) is 18.2 Å². The third-order valence-electron chi connectivity index (χ3n) is 5.10. The molecule has 0 bridgehead atoms. The standard InChI is InChI=1S/C19H22ClNO4/c1-2-12-11-13(7-8-16(12)20)25-17(22)9-10-21-18(23)14-5-3-4-6-15(14)19(21)24/h7-8,11,14-15H,2-6,9-10H2,1H3/t14-,15+. The second kappa shape index (κ2) is 7.56. The number of ether oxygens (including phenoxy) is 1. The predicted molar refractivity (Wildman–Crippen MR) is 93.3 cm³/mol. The molecule has 1 saturated heterocycles. The summed E-state index contributed by atoms with van der Waals surface area (Å²) in [5.74, 6) is -0.635. The Morgan fingerprint density at radius 1 is 1.20 bits per heavy atom. The summed E-state index contributed by atoms with van der Waals surface area (Å²) in [5.41, 5.74) is 0.904. The summed E-state index contributed by atoms with van der Waals surface area (Å²) in [7, 11) is 0. The van der Waals surface area contributed by atoms with Crippen molar-refractivity contribution in [2.24, 2.45) is 11.8 Å². The maximum Gasteiger partial charge on any atom is 0.312 e. The number of benzene rings is 1. The van der Waals surface area contributed by atoms with Crippen LogP contribution in [-0.2, 0) is 20.8 Å². The van der Waals surface area contributed by atoms with Crippen LogP contribution in [0.2, 0.25) is 5.02 Å². The first-order valence-corrected chi connectivity index (χ1v) is 9.23. The molecule has 1 saturated carbocycles. The number of carbonyl (C=O) groups excluding carboxylic acids is 3. The van der Waals surface area contributed by atoms with Gasteiger partial charge in [-0.25, -0.2) is 0 Å². The first-order valence-electron chi connectivity index (χ1n) is 8.85. The lowest BCUT2D eigenvalue weighted by atomic mass is 9.81. The van der Waals surface area contributed by atoms with Crippen LogP contribution in [0.4, 0.5) is 0 Å². The molecule has 5 nitrogen and oxygen atoms in total. The summed E-state index contributed by atoms with van der Waals surface area (Å²) in [5, 5.41) is 0.637. The topological polar surface area (TPSA) is 63.7 Å². The lowest BCUT2D eigenvalue weighted by Crippen LogP contribution is -2.33. The van der Waals surface area contributed by atoms with Gasteiger partial charge in [0, 0.05) is 11.6 Å². The van der Waals surface area contributed by atoms with Crippen LogP contribution in [0, 0.1) is 11.8 Å². The van der Waals surface area contributed by atoms with Crippen molar-refractivity contribution in [3.05, 3.63) is 28.8 Å². The molecule has 2 fully saturated rings. The molecule has 1 aliphatic heterocycles. The van der Waals surface area contributed by atoms with Gasteiger partial charge in [0.15, 0.2) is 0 Å². The highest BCUT2D eigenvalue weighted by Crippen LogP contribution is 2.38. The molecule has 0 radical (unpaired) electrons. The average molecular weight is 364 g/mol. The molecule has 2 atom stereocenters. The summed E-state index contributed by atoms with van der Waals surface area (Å²) in [6.45, 7) is 2.06. The Labute approximate surface area is 152 Å². The van der Waals surface area contributed by atoms with Gasteiger partial charge in [0.05, 0.1) is 18.3 Å². The van der Waals surface area contributed by atoms with Crippen LogP contribution in [0.15, 0.2) is 18.2 Å². The van der Waals surface area contributed by atoms with Crippen LogP contribution < -0.4 is 4.74 Å². The third kappa shape index (κ3) is 3.71. The van der Waals surface area contributed by atoms with Gasteiger partial charge in [-0.2, -0.15) is 0 Å². The highest BCUT2D eigenvalue weighted by atomic mass is 35.5. The fourth-order valence-corrected chi connectivity index (χ4v) is 3.97. The Kier molecular flexibility index (Phi) is 5.42. The van der Waals surface area contributed by atoms with E-state index in [0.717, 1.165) is 37.7 Å². The zero-order valence-corrected chi connectivity index (χ0v) is 15.1. The number of hydrogen-bond donors (Lipinski definition) is 0. The summed E-state index contributed by atoms with van der Waals surface area (Å²) in [6, 6.07) is 5.07. The molecular formula is C19H22ClNO4. The van der Waals surface area contributed by atoms with Gasteiger partial charge in [0.2, 0.25) is 11.8 Å². The molecule has 0 N–H and O–H groups in total. The van der Waals surface area contributed by atoms with Gasteiger partial charge in [-0.15, -0.1) is 0 Å². The molecule has 6 heteroatoms. The zero-order chi connectivity index (χ0) is 18.0. The maximum absolute atomic E-state index is 12.4. The molecular weight excluding hydrogens is 342 g/mol. The summed E-state index contributed by atoms with van der Waals surface area (Å²) in [4.78, 5) is 38.1. The van der Waals surface area contributed by atoms with Crippen molar-refractivity contribution < 1.29 is 19.1 Å². The van der Waals surface area contributed by atoms with Crippen LogP contribution in [0.25, 0.3) is 0 Å². The molecule has 0 spiro atoms. The molecule has 1 heterocycles. The minimum Gasteiger partial charge on any atom is -0.426 e. The van der Waals surface area contributed by atoms with E-state index in [1.165, 1.54) is 4.90 Å². The fourth-order valence-electron chi connectivity index (χ4n) is 3.72. The van der Waals surface area contributed by atoms with E-state index in [-0.39, 0.29) is 36.6 Å². The third-order valence-corrected chi connectivity index (χ3v) is 5.47. The van der Waals surface area contributed by atoms with E-state index in [9.17, 15) is 14.4 Å². The van der Waals surface area contributed by atoms with E-state index in [0.29, 0.717) is 10.8 Å². The fraction of sp³-hybridized carbons (Fsp3) is 0.526. The normalized spacial score (nSPS) is 22.9. The molecule has 2 amide bonds. The predicted octanol–water partition coefficient (Wildman–Crippen LogP) is 3.37. The Hall–Kier alpha value is -1.88. The Bertz CT molecular complexity index is 679. The maximum atomic E-state index is 12.4. The molecule has 0 aromatic heterocycles. The molecule has 1 aliphatic carbocycles. The van der Waals surface area contributed by atoms with E-state index in [4.69, 9.17) is 16.3 Å². The van der Waals surface area contributed by atoms with Gasteiger partial charge in [0.25, 0.3) is 0 Å². The minimum absolute atomic E-state index is 0.000997. The monoisotopic (exact) mass is 363 g/mol. The van der Waals surface area contributed by atoms with Crippen LogP contribution >= 0.6 is 11.6 Å².